The molecular formula is C9H8INO4S. The van der Waals surface area contributed by atoms with E-state index in [4.69, 9.17) is 4.55 Å². The van der Waals surface area contributed by atoms with Gasteiger partial charge in [0.1, 0.15) is 0 Å². The molecular weight excluding hydrogens is 345 g/mol. The van der Waals surface area contributed by atoms with Crippen molar-refractivity contribution in [3.63, 3.8) is 0 Å². The van der Waals surface area contributed by atoms with Crippen molar-refractivity contribution in [3.05, 3.63) is 47.5 Å². The van der Waals surface area contributed by atoms with Crippen molar-refractivity contribution in [2.45, 2.75) is 2.75 Å². The number of alkyl halides is 1. The summed E-state index contributed by atoms with van der Waals surface area (Å²) >= 11 is 1.49. The molecule has 3 N–H and O–H groups in total. The van der Waals surface area contributed by atoms with E-state index in [-0.39, 0.29) is 5.70 Å². The van der Waals surface area contributed by atoms with Crippen molar-refractivity contribution in [2.75, 3.05) is 0 Å². The van der Waals surface area contributed by atoms with Gasteiger partial charge in [-0.15, -0.1) is 0 Å². The third kappa shape index (κ3) is 1.59. The van der Waals surface area contributed by atoms with Crippen LogP contribution in [-0.4, -0.2) is 20.8 Å². The summed E-state index contributed by atoms with van der Waals surface area (Å²) in [5, 5.41) is 12.7. The van der Waals surface area contributed by atoms with E-state index < -0.39 is 18.6 Å². The number of aliphatic hydroxyl groups is 1. The highest BCUT2D eigenvalue weighted by molar-refractivity contribution is 14.1. The summed E-state index contributed by atoms with van der Waals surface area (Å²) in [6, 6.07) is 0. The summed E-state index contributed by atoms with van der Waals surface area (Å²) in [4.78, 5) is 0. The smallest absolute Gasteiger partial charge is 0.291 e. The second-order valence-corrected chi connectivity index (χ2v) is 7.33. The third-order valence-corrected chi connectivity index (χ3v) is 5.92. The van der Waals surface area contributed by atoms with Gasteiger partial charge in [0.15, 0.2) is 5.76 Å². The van der Waals surface area contributed by atoms with Crippen LogP contribution >= 0.6 is 22.6 Å². The Balaban J connectivity index is 2.63. The molecule has 0 saturated carbocycles. The highest BCUT2D eigenvalue weighted by Crippen LogP contribution is 2.40. The van der Waals surface area contributed by atoms with E-state index in [1.807, 2.05) is 0 Å². The van der Waals surface area contributed by atoms with E-state index in [9.17, 15) is 13.5 Å². The molecule has 0 amide bonds. The maximum absolute atomic E-state index is 11.2. The Bertz CT molecular complexity index is 558. The fourth-order valence-electron chi connectivity index (χ4n) is 1.45. The Kier molecular flexibility index (Phi) is 2.63. The van der Waals surface area contributed by atoms with Crippen LogP contribution in [0, 0.1) is 0 Å². The summed E-state index contributed by atoms with van der Waals surface area (Å²) in [5.41, 5.74) is 0.952. The minimum atomic E-state index is -4.42. The summed E-state index contributed by atoms with van der Waals surface area (Å²) in [7, 11) is -4.42. The number of fused-ring (bicyclic) bond motifs is 1. The quantitative estimate of drug-likeness (QED) is 0.377. The molecule has 0 fully saturated rings. The lowest BCUT2D eigenvalue weighted by atomic mass is 10.0. The van der Waals surface area contributed by atoms with Crippen LogP contribution in [0.4, 0.5) is 0 Å². The van der Waals surface area contributed by atoms with Crippen LogP contribution in [0.1, 0.15) is 0 Å². The lowest BCUT2D eigenvalue weighted by Gasteiger charge is -2.27. The van der Waals surface area contributed by atoms with Crippen LogP contribution in [0.5, 0.6) is 0 Å². The molecule has 0 bridgehead atoms. The zero-order valence-corrected chi connectivity index (χ0v) is 10.9. The maximum atomic E-state index is 11.2. The summed E-state index contributed by atoms with van der Waals surface area (Å²) in [6.45, 7) is 0. The highest BCUT2D eigenvalue weighted by Gasteiger charge is 2.46. The molecule has 7 heteroatoms. The van der Waals surface area contributed by atoms with Crippen molar-refractivity contribution in [3.8, 4) is 0 Å². The molecule has 2 aliphatic rings. The predicted octanol–water partition coefficient (Wildman–Crippen LogP) is 1.39. The second-order valence-electron chi connectivity index (χ2n) is 3.30. The Labute approximate surface area is 106 Å². The van der Waals surface area contributed by atoms with Gasteiger partial charge in [-0.2, -0.15) is 8.42 Å². The van der Waals surface area contributed by atoms with Crippen LogP contribution in [0.15, 0.2) is 47.5 Å². The van der Waals surface area contributed by atoms with Gasteiger partial charge in [-0.05, 0) is 34.7 Å². The van der Waals surface area contributed by atoms with Gasteiger partial charge in [0.25, 0.3) is 10.1 Å². The fraction of sp³-hybridized carbons (Fsp3) is 0.111. The number of dihydropyridines is 1. The first-order chi connectivity index (χ1) is 7.36. The standard InChI is InChI=1S/C9H8INO4S/c10-9(16(13,14)15)4-3-6-2-1-5-11-7(6)8(9)12/h1-5,11-12H,(H,13,14,15). The summed E-state index contributed by atoms with van der Waals surface area (Å²) < 4.78 is 29.8. The number of nitrogens with one attached hydrogen (secondary N) is 1. The number of aliphatic hydroxyl groups excluding tert-OH is 1. The molecule has 1 aliphatic heterocycles. The average molecular weight is 353 g/mol. The SMILES string of the molecule is O=S(=O)(O)C1(I)C=CC2=CC=CNC2=C1O. The van der Waals surface area contributed by atoms with Crippen molar-refractivity contribution in [2.24, 2.45) is 0 Å². The molecule has 0 aromatic rings. The van der Waals surface area contributed by atoms with E-state index >= 15 is 0 Å². The molecule has 0 radical (unpaired) electrons. The van der Waals surface area contributed by atoms with Gasteiger partial charge >= 0.3 is 0 Å². The normalized spacial score (nSPS) is 28.5. The molecule has 5 nitrogen and oxygen atoms in total. The van der Waals surface area contributed by atoms with Gasteiger partial charge in [-0.1, -0.05) is 12.2 Å². The first-order valence-corrected chi connectivity index (χ1v) is 6.81. The number of hydrogen-bond donors (Lipinski definition) is 3. The van der Waals surface area contributed by atoms with Gasteiger partial charge in [0, 0.05) is 11.8 Å². The number of allylic oxidation sites excluding steroid dienone is 3. The molecule has 86 valence electrons. The van der Waals surface area contributed by atoms with Crippen molar-refractivity contribution >= 4 is 32.7 Å². The predicted molar refractivity (Wildman–Crippen MR) is 67.5 cm³/mol. The molecule has 0 spiro atoms. The van der Waals surface area contributed by atoms with E-state index in [1.165, 1.54) is 34.7 Å². The largest absolute Gasteiger partial charge is 0.507 e. The zero-order chi connectivity index (χ0) is 12.0. The number of rotatable bonds is 1. The van der Waals surface area contributed by atoms with Gasteiger partial charge in [0.2, 0.25) is 2.75 Å². The Morgan fingerprint density at radius 3 is 2.75 bits per heavy atom. The summed E-state index contributed by atoms with van der Waals surface area (Å²) in [5.74, 6) is -0.422. The van der Waals surface area contributed by atoms with Crippen LogP contribution < -0.4 is 5.32 Å². The molecule has 2 rings (SSSR count). The minimum absolute atomic E-state index is 0.289. The molecule has 1 atom stereocenters. The van der Waals surface area contributed by atoms with Crippen LogP contribution in [0.3, 0.4) is 0 Å². The molecule has 1 aliphatic carbocycles. The molecule has 1 unspecified atom stereocenters. The molecule has 0 aromatic carbocycles. The van der Waals surface area contributed by atoms with Gasteiger partial charge in [0.05, 0.1) is 5.70 Å². The maximum Gasteiger partial charge on any atom is 0.291 e. The Morgan fingerprint density at radius 2 is 2.12 bits per heavy atom. The first kappa shape index (κ1) is 11.7. The Hall–Kier alpha value is -0.800. The molecule has 0 saturated heterocycles. The van der Waals surface area contributed by atoms with Crippen LogP contribution in [0.25, 0.3) is 0 Å². The van der Waals surface area contributed by atoms with Gasteiger partial charge in [-0.3, -0.25) is 4.55 Å². The topological polar surface area (TPSA) is 86.6 Å². The van der Waals surface area contributed by atoms with Gasteiger partial charge < -0.3 is 10.4 Å². The second kappa shape index (κ2) is 3.60. The first-order valence-electron chi connectivity index (χ1n) is 4.29. The van der Waals surface area contributed by atoms with E-state index in [0.717, 1.165) is 0 Å². The monoisotopic (exact) mass is 353 g/mol. The fourth-order valence-corrected chi connectivity index (χ4v) is 2.48. The van der Waals surface area contributed by atoms with Crippen molar-refractivity contribution in [1.82, 2.24) is 5.32 Å². The number of hydrogen-bond acceptors (Lipinski definition) is 4. The van der Waals surface area contributed by atoms with Gasteiger partial charge in [-0.25, -0.2) is 0 Å². The average Bonchev–Trinajstić information content (AvgIpc) is 2.22. The zero-order valence-electron chi connectivity index (χ0n) is 7.88. The van der Waals surface area contributed by atoms with E-state index in [0.29, 0.717) is 5.57 Å². The van der Waals surface area contributed by atoms with E-state index in [1.54, 1.807) is 18.4 Å². The summed E-state index contributed by atoms with van der Waals surface area (Å²) in [6.07, 6.45) is 7.79. The van der Waals surface area contributed by atoms with Crippen molar-refractivity contribution < 1.29 is 18.1 Å². The van der Waals surface area contributed by atoms with E-state index in [2.05, 4.69) is 5.32 Å². The molecule has 16 heavy (non-hydrogen) atoms. The van der Waals surface area contributed by atoms with Crippen LogP contribution in [0.2, 0.25) is 0 Å². The lowest BCUT2D eigenvalue weighted by Crippen LogP contribution is -2.36. The number of halogens is 1. The highest BCUT2D eigenvalue weighted by atomic mass is 127. The minimum Gasteiger partial charge on any atom is -0.507 e. The lowest BCUT2D eigenvalue weighted by molar-refractivity contribution is 0.375. The molecule has 0 aromatic heterocycles. The third-order valence-electron chi connectivity index (χ3n) is 2.30. The van der Waals surface area contributed by atoms with Crippen molar-refractivity contribution in [1.29, 1.82) is 0 Å². The van der Waals surface area contributed by atoms with Crippen LogP contribution in [-0.2, 0) is 10.1 Å². The Morgan fingerprint density at radius 1 is 1.44 bits per heavy atom. The molecule has 1 heterocycles.